The largest absolute Gasteiger partial charge is 0.234 e. The van der Waals surface area contributed by atoms with Gasteiger partial charge in [0.05, 0.1) is 10.5 Å². The van der Waals surface area contributed by atoms with E-state index in [0.29, 0.717) is 10.2 Å². The summed E-state index contributed by atoms with van der Waals surface area (Å²) in [6.07, 6.45) is 0. The number of rotatable bonds is 0. The van der Waals surface area contributed by atoms with E-state index in [1.54, 1.807) is 6.07 Å². The third kappa shape index (κ3) is 1.62. The molecular weight excluding hydrogens is 285 g/mol. The molecule has 0 unspecified atom stereocenters. The highest BCUT2D eigenvalue weighted by molar-refractivity contribution is 9.10. The predicted molar refractivity (Wildman–Crippen MR) is 64.2 cm³/mol. The Morgan fingerprint density at radius 2 is 2.00 bits per heavy atom. The minimum atomic E-state index is 0.498. The van der Waals surface area contributed by atoms with Crippen LogP contribution in [0, 0.1) is 6.92 Å². The van der Waals surface area contributed by atoms with E-state index >= 15 is 0 Å². The molecule has 0 aliphatic carbocycles. The molecule has 0 spiro atoms. The lowest BCUT2D eigenvalue weighted by molar-refractivity contribution is 1.33. The maximum Gasteiger partial charge on any atom is 0.132 e. The van der Waals surface area contributed by atoms with E-state index in [1.165, 1.54) is 0 Å². The van der Waals surface area contributed by atoms with E-state index in [9.17, 15) is 0 Å². The Morgan fingerprint density at radius 3 is 2.71 bits per heavy atom. The Bertz CT molecular complexity index is 464. The molecule has 0 N–H and O–H groups in total. The summed E-state index contributed by atoms with van der Waals surface area (Å²) >= 11 is 15.4. The predicted octanol–water partition coefficient (Wildman–Crippen LogP) is 4.61. The summed E-state index contributed by atoms with van der Waals surface area (Å²) in [5.41, 5.74) is 1.68. The van der Waals surface area contributed by atoms with Crippen molar-refractivity contribution in [2.45, 2.75) is 6.92 Å². The van der Waals surface area contributed by atoms with Crippen molar-refractivity contribution < 1.29 is 0 Å². The molecule has 1 aromatic carbocycles. The molecular formula is C10H6BrCl2N. The molecule has 72 valence electrons. The lowest BCUT2D eigenvalue weighted by Crippen LogP contribution is -1.86. The second-order valence-corrected chi connectivity index (χ2v) is 4.64. The van der Waals surface area contributed by atoms with Crippen LogP contribution in [0.4, 0.5) is 0 Å². The SMILES string of the molecule is Cc1cc2c(Br)ccc(Cl)c2nc1Cl. The number of benzene rings is 1. The molecule has 0 saturated heterocycles. The lowest BCUT2D eigenvalue weighted by Gasteiger charge is -2.04. The summed E-state index contributed by atoms with van der Waals surface area (Å²) in [6.45, 7) is 1.92. The van der Waals surface area contributed by atoms with E-state index in [4.69, 9.17) is 23.2 Å². The fraction of sp³-hybridized carbons (Fsp3) is 0.100. The van der Waals surface area contributed by atoms with Gasteiger partial charge in [-0.2, -0.15) is 0 Å². The first kappa shape index (κ1) is 10.2. The molecule has 0 amide bonds. The van der Waals surface area contributed by atoms with E-state index < -0.39 is 0 Å². The fourth-order valence-corrected chi connectivity index (χ4v) is 2.05. The van der Waals surface area contributed by atoms with Crippen LogP contribution < -0.4 is 0 Å². The van der Waals surface area contributed by atoms with Crippen LogP contribution in [0.15, 0.2) is 22.7 Å². The fourth-order valence-electron chi connectivity index (χ4n) is 1.27. The molecule has 0 aliphatic heterocycles. The molecule has 2 rings (SSSR count). The van der Waals surface area contributed by atoms with Gasteiger partial charge >= 0.3 is 0 Å². The van der Waals surface area contributed by atoms with Gasteiger partial charge in [0.1, 0.15) is 5.15 Å². The normalized spacial score (nSPS) is 10.9. The van der Waals surface area contributed by atoms with Gasteiger partial charge in [-0.1, -0.05) is 39.1 Å². The second kappa shape index (κ2) is 3.69. The van der Waals surface area contributed by atoms with E-state index in [1.807, 2.05) is 19.1 Å². The summed E-state index contributed by atoms with van der Waals surface area (Å²) in [5.74, 6) is 0. The standard InChI is InChI=1S/C10H6BrCl2N/c1-5-4-6-7(11)2-3-8(12)9(6)14-10(5)13/h2-4H,1H3. The van der Waals surface area contributed by atoms with Crippen LogP contribution in [0.3, 0.4) is 0 Å². The Labute approximate surface area is 100 Å². The molecule has 2 aromatic rings. The Balaban J connectivity index is 2.94. The number of hydrogen-bond donors (Lipinski definition) is 0. The van der Waals surface area contributed by atoms with Gasteiger partial charge in [0.2, 0.25) is 0 Å². The Hall–Kier alpha value is -0.310. The highest BCUT2D eigenvalue weighted by Crippen LogP contribution is 2.31. The van der Waals surface area contributed by atoms with Crippen LogP contribution in [-0.4, -0.2) is 4.98 Å². The third-order valence-corrected chi connectivity index (χ3v) is 3.39. The van der Waals surface area contributed by atoms with Crippen molar-refractivity contribution in [1.29, 1.82) is 0 Å². The maximum atomic E-state index is 6.01. The quantitative estimate of drug-likeness (QED) is 0.646. The van der Waals surface area contributed by atoms with Crippen molar-refractivity contribution in [1.82, 2.24) is 4.98 Å². The monoisotopic (exact) mass is 289 g/mol. The molecule has 0 radical (unpaired) electrons. The summed E-state index contributed by atoms with van der Waals surface area (Å²) in [6, 6.07) is 5.67. The van der Waals surface area contributed by atoms with Crippen molar-refractivity contribution in [3.05, 3.63) is 38.4 Å². The van der Waals surface area contributed by atoms with E-state index in [-0.39, 0.29) is 0 Å². The van der Waals surface area contributed by atoms with Crippen LogP contribution in [0.5, 0.6) is 0 Å². The second-order valence-electron chi connectivity index (χ2n) is 3.02. The topological polar surface area (TPSA) is 12.9 Å². The summed E-state index contributed by atoms with van der Waals surface area (Å²) in [7, 11) is 0. The van der Waals surface area contributed by atoms with Crippen LogP contribution in [0.1, 0.15) is 5.56 Å². The Morgan fingerprint density at radius 1 is 1.29 bits per heavy atom. The van der Waals surface area contributed by atoms with Crippen molar-refractivity contribution in [3.63, 3.8) is 0 Å². The van der Waals surface area contributed by atoms with Gasteiger partial charge in [-0.05, 0) is 30.7 Å². The highest BCUT2D eigenvalue weighted by Gasteiger charge is 2.07. The molecule has 1 aromatic heterocycles. The Kier molecular flexibility index (Phi) is 2.69. The first-order valence-electron chi connectivity index (χ1n) is 4.00. The molecule has 1 nitrogen and oxygen atoms in total. The number of hydrogen-bond acceptors (Lipinski definition) is 1. The summed E-state index contributed by atoms with van der Waals surface area (Å²) in [5, 5.41) is 2.10. The average molecular weight is 291 g/mol. The molecule has 0 saturated carbocycles. The summed E-state index contributed by atoms with van der Waals surface area (Å²) in [4.78, 5) is 4.24. The maximum absolute atomic E-state index is 6.01. The number of aryl methyl sites for hydroxylation is 1. The molecule has 4 heteroatoms. The van der Waals surface area contributed by atoms with E-state index in [2.05, 4.69) is 20.9 Å². The molecule has 14 heavy (non-hydrogen) atoms. The molecule has 0 bridgehead atoms. The van der Waals surface area contributed by atoms with Crippen molar-refractivity contribution in [3.8, 4) is 0 Å². The van der Waals surface area contributed by atoms with Crippen LogP contribution in [0.25, 0.3) is 10.9 Å². The van der Waals surface area contributed by atoms with Gasteiger partial charge in [0, 0.05) is 9.86 Å². The number of halogens is 3. The third-order valence-electron chi connectivity index (χ3n) is 2.01. The van der Waals surface area contributed by atoms with Crippen LogP contribution >= 0.6 is 39.1 Å². The average Bonchev–Trinajstić information content (AvgIpc) is 2.15. The van der Waals surface area contributed by atoms with Gasteiger partial charge in [-0.15, -0.1) is 0 Å². The number of pyridine rings is 1. The molecule has 1 heterocycles. The number of nitrogens with zero attached hydrogens (tertiary/aromatic N) is 1. The van der Waals surface area contributed by atoms with Crippen molar-refractivity contribution in [2.24, 2.45) is 0 Å². The van der Waals surface area contributed by atoms with Crippen LogP contribution in [0.2, 0.25) is 10.2 Å². The van der Waals surface area contributed by atoms with Crippen molar-refractivity contribution >= 4 is 50.0 Å². The molecule has 0 aliphatic rings. The van der Waals surface area contributed by atoms with E-state index in [0.717, 1.165) is 20.9 Å². The zero-order chi connectivity index (χ0) is 10.3. The minimum Gasteiger partial charge on any atom is -0.234 e. The zero-order valence-corrected chi connectivity index (χ0v) is 10.4. The lowest BCUT2D eigenvalue weighted by atomic mass is 10.2. The van der Waals surface area contributed by atoms with Crippen LogP contribution in [-0.2, 0) is 0 Å². The van der Waals surface area contributed by atoms with Crippen molar-refractivity contribution in [2.75, 3.05) is 0 Å². The molecule has 0 atom stereocenters. The minimum absolute atomic E-state index is 0.498. The number of fused-ring (bicyclic) bond motifs is 1. The molecule has 0 fully saturated rings. The summed E-state index contributed by atoms with van der Waals surface area (Å²) < 4.78 is 0.976. The number of aromatic nitrogens is 1. The first-order chi connectivity index (χ1) is 6.59. The van der Waals surface area contributed by atoms with Gasteiger partial charge < -0.3 is 0 Å². The zero-order valence-electron chi connectivity index (χ0n) is 7.31. The smallest absolute Gasteiger partial charge is 0.132 e. The van der Waals surface area contributed by atoms with Gasteiger partial charge in [-0.3, -0.25) is 0 Å². The first-order valence-corrected chi connectivity index (χ1v) is 5.55. The van der Waals surface area contributed by atoms with Gasteiger partial charge in [0.15, 0.2) is 0 Å². The highest BCUT2D eigenvalue weighted by atomic mass is 79.9. The van der Waals surface area contributed by atoms with Gasteiger partial charge in [0.25, 0.3) is 0 Å². The van der Waals surface area contributed by atoms with Gasteiger partial charge in [-0.25, -0.2) is 4.98 Å².